The molecule has 1 saturated heterocycles. The Bertz CT molecular complexity index is 930. The molecule has 0 aliphatic carbocycles. The van der Waals surface area contributed by atoms with E-state index < -0.39 is 6.10 Å². The van der Waals surface area contributed by atoms with Gasteiger partial charge in [-0.05, 0) is 54.2 Å². The fourth-order valence-corrected chi connectivity index (χ4v) is 3.59. The van der Waals surface area contributed by atoms with E-state index in [1.165, 1.54) is 6.33 Å². The second kappa shape index (κ2) is 8.40. The minimum atomic E-state index is -0.580. The molecule has 3 aromatic rings. The van der Waals surface area contributed by atoms with E-state index in [-0.39, 0.29) is 11.9 Å². The van der Waals surface area contributed by atoms with Crippen molar-refractivity contribution in [3.05, 3.63) is 66.5 Å². The Labute approximate surface area is 169 Å². The van der Waals surface area contributed by atoms with E-state index in [0.29, 0.717) is 12.3 Å². The molecule has 2 aromatic carbocycles. The van der Waals surface area contributed by atoms with Crippen LogP contribution in [0.15, 0.2) is 60.9 Å². The van der Waals surface area contributed by atoms with E-state index in [1.54, 1.807) is 11.6 Å². The van der Waals surface area contributed by atoms with Crippen LogP contribution in [-0.2, 0) is 4.79 Å². The number of tetrazole rings is 1. The van der Waals surface area contributed by atoms with Crippen molar-refractivity contribution in [1.29, 1.82) is 0 Å². The van der Waals surface area contributed by atoms with E-state index in [0.717, 1.165) is 24.3 Å². The largest absolute Gasteiger partial charge is 0.481 e. The van der Waals surface area contributed by atoms with Crippen LogP contribution in [0.2, 0.25) is 0 Å². The Kier molecular flexibility index (Phi) is 5.53. The highest BCUT2D eigenvalue weighted by Gasteiger charge is 2.33. The van der Waals surface area contributed by atoms with Crippen LogP contribution in [0, 0.1) is 0 Å². The Hall–Kier alpha value is -3.26. The van der Waals surface area contributed by atoms with Gasteiger partial charge in [0.1, 0.15) is 12.1 Å². The number of rotatable bonds is 5. The maximum Gasteiger partial charge on any atom is 0.263 e. The number of nitrogens with zero attached hydrogens (tertiary/aromatic N) is 6. The summed E-state index contributed by atoms with van der Waals surface area (Å²) in [6, 6.07) is 17.5. The molecule has 0 spiro atoms. The molecule has 150 valence electrons. The molecule has 29 heavy (non-hydrogen) atoms. The molecule has 0 N–H and O–H groups in total. The third-order valence-corrected chi connectivity index (χ3v) is 5.16. The van der Waals surface area contributed by atoms with Gasteiger partial charge in [-0.3, -0.25) is 4.79 Å². The summed E-state index contributed by atoms with van der Waals surface area (Å²) in [4.78, 5) is 17.4. The van der Waals surface area contributed by atoms with Crippen LogP contribution < -0.4 is 4.74 Å². The summed E-state index contributed by atoms with van der Waals surface area (Å²) in [6.07, 6.45) is 0.947. The molecule has 2 atom stereocenters. The van der Waals surface area contributed by atoms with Gasteiger partial charge in [-0.25, -0.2) is 4.68 Å². The number of carbonyl (C=O) groups excluding carboxylic acids is 1. The highest BCUT2D eigenvalue weighted by molar-refractivity contribution is 5.81. The van der Waals surface area contributed by atoms with Gasteiger partial charge in [-0.2, -0.15) is 0 Å². The van der Waals surface area contributed by atoms with Crippen molar-refractivity contribution in [1.82, 2.24) is 30.0 Å². The molecule has 1 aromatic heterocycles. The summed E-state index contributed by atoms with van der Waals surface area (Å²) < 4.78 is 7.51. The Balaban J connectivity index is 1.46. The van der Waals surface area contributed by atoms with E-state index in [4.69, 9.17) is 4.74 Å². The van der Waals surface area contributed by atoms with Crippen LogP contribution in [0.25, 0.3) is 5.69 Å². The first kappa shape index (κ1) is 19.1. The Morgan fingerprint density at radius 3 is 2.55 bits per heavy atom. The predicted molar refractivity (Wildman–Crippen MR) is 108 cm³/mol. The maximum atomic E-state index is 13.2. The number of hydrogen-bond donors (Lipinski definition) is 0. The molecule has 0 radical (unpaired) electrons. The molecule has 0 unspecified atom stereocenters. The van der Waals surface area contributed by atoms with Gasteiger partial charge < -0.3 is 14.5 Å². The van der Waals surface area contributed by atoms with Crippen LogP contribution in [-0.4, -0.2) is 68.7 Å². The van der Waals surface area contributed by atoms with Crippen molar-refractivity contribution in [3.63, 3.8) is 0 Å². The van der Waals surface area contributed by atoms with Crippen LogP contribution in [0.5, 0.6) is 5.75 Å². The van der Waals surface area contributed by atoms with Crippen LogP contribution >= 0.6 is 0 Å². The van der Waals surface area contributed by atoms with Gasteiger partial charge in [-0.1, -0.05) is 30.3 Å². The van der Waals surface area contributed by atoms with Gasteiger partial charge in [0.25, 0.3) is 5.91 Å². The van der Waals surface area contributed by atoms with Crippen LogP contribution in [0.1, 0.15) is 18.5 Å². The zero-order chi connectivity index (χ0) is 20.2. The van der Waals surface area contributed by atoms with E-state index >= 15 is 0 Å². The van der Waals surface area contributed by atoms with Gasteiger partial charge in [0.2, 0.25) is 0 Å². The molecule has 8 nitrogen and oxygen atoms in total. The van der Waals surface area contributed by atoms with Crippen molar-refractivity contribution in [2.75, 3.05) is 26.7 Å². The maximum absolute atomic E-state index is 13.2. The molecule has 8 heteroatoms. The van der Waals surface area contributed by atoms with Crippen molar-refractivity contribution >= 4 is 5.91 Å². The average molecular weight is 392 g/mol. The molecule has 1 aliphatic heterocycles. The topological polar surface area (TPSA) is 76.4 Å². The van der Waals surface area contributed by atoms with E-state index in [9.17, 15) is 4.79 Å². The normalized spacial score (nSPS) is 18.4. The van der Waals surface area contributed by atoms with Gasteiger partial charge in [0.05, 0.1) is 11.7 Å². The fraction of sp³-hybridized carbons (Fsp3) is 0.333. The van der Waals surface area contributed by atoms with Crippen LogP contribution in [0.4, 0.5) is 0 Å². The second-order valence-corrected chi connectivity index (χ2v) is 7.23. The lowest BCUT2D eigenvalue weighted by Crippen LogP contribution is -2.52. The summed E-state index contributed by atoms with van der Waals surface area (Å²) in [6.45, 7) is 4.14. The van der Waals surface area contributed by atoms with Gasteiger partial charge in [-0.15, -0.1) is 5.10 Å². The summed E-state index contributed by atoms with van der Waals surface area (Å²) in [5, 5.41) is 11.1. The van der Waals surface area contributed by atoms with Crippen molar-refractivity contribution in [2.24, 2.45) is 0 Å². The van der Waals surface area contributed by atoms with Crippen LogP contribution in [0.3, 0.4) is 0 Å². The molecule has 2 heterocycles. The zero-order valence-corrected chi connectivity index (χ0v) is 16.5. The molecule has 4 rings (SSSR count). The van der Waals surface area contributed by atoms with Crippen molar-refractivity contribution < 1.29 is 9.53 Å². The first-order valence-electron chi connectivity index (χ1n) is 9.66. The third-order valence-electron chi connectivity index (χ3n) is 5.16. The summed E-state index contributed by atoms with van der Waals surface area (Å²) in [5.41, 5.74) is 1.97. The highest BCUT2D eigenvalue weighted by Crippen LogP contribution is 2.26. The number of carbonyl (C=O) groups is 1. The SMILES string of the molecule is C[C@H](Oc1ccc(-n2cnnn2)cc1)C(=O)N1CCN(C)C[C@H]1c1ccccc1. The lowest BCUT2D eigenvalue weighted by Gasteiger charge is -2.41. The molecular formula is C21H24N6O2. The number of likely N-dealkylation sites (N-methyl/N-ethyl adjacent to an activating group) is 1. The van der Waals surface area contributed by atoms with E-state index in [2.05, 4.69) is 39.6 Å². The predicted octanol–water partition coefficient (Wildman–Crippen LogP) is 1.94. The fourth-order valence-electron chi connectivity index (χ4n) is 3.59. The number of hydrogen-bond acceptors (Lipinski definition) is 6. The van der Waals surface area contributed by atoms with Crippen molar-refractivity contribution in [2.45, 2.75) is 19.1 Å². The first-order valence-corrected chi connectivity index (χ1v) is 9.66. The van der Waals surface area contributed by atoms with Crippen molar-refractivity contribution in [3.8, 4) is 11.4 Å². The molecule has 0 saturated carbocycles. The Morgan fingerprint density at radius 1 is 1.10 bits per heavy atom. The quantitative estimate of drug-likeness (QED) is 0.661. The Morgan fingerprint density at radius 2 is 1.86 bits per heavy atom. The molecule has 1 aliphatic rings. The standard InChI is InChI=1S/C21H24N6O2/c1-16(29-19-10-8-18(9-11-19)27-15-22-23-24-27)21(28)26-13-12-25(2)14-20(26)17-6-4-3-5-7-17/h3-11,15-16,20H,12-14H2,1-2H3/t16-,20-/m0/s1. The number of aromatic nitrogens is 4. The molecule has 1 fully saturated rings. The average Bonchev–Trinajstić information content (AvgIpc) is 3.29. The minimum absolute atomic E-state index is 0.00324. The smallest absolute Gasteiger partial charge is 0.263 e. The highest BCUT2D eigenvalue weighted by atomic mass is 16.5. The first-order chi connectivity index (χ1) is 14.1. The third kappa shape index (κ3) is 4.27. The number of piperazine rings is 1. The summed E-state index contributed by atoms with van der Waals surface area (Å²) >= 11 is 0. The number of ether oxygens (including phenoxy) is 1. The summed E-state index contributed by atoms with van der Waals surface area (Å²) in [7, 11) is 2.09. The second-order valence-electron chi connectivity index (χ2n) is 7.23. The number of benzene rings is 2. The number of amides is 1. The summed E-state index contributed by atoms with van der Waals surface area (Å²) in [5.74, 6) is 0.629. The molecule has 1 amide bonds. The van der Waals surface area contributed by atoms with Gasteiger partial charge in [0, 0.05) is 19.6 Å². The lowest BCUT2D eigenvalue weighted by molar-refractivity contribution is -0.143. The van der Waals surface area contributed by atoms with Gasteiger partial charge in [0.15, 0.2) is 6.10 Å². The molecule has 0 bridgehead atoms. The molecular weight excluding hydrogens is 368 g/mol. The zero-order valence-electron chi connectivity index (χ0n) is 16.5. The van der Waals surface area contributed by atoms with E-state index in [1.807, 2.05) is 47.4 Å². The van der Waals surface area contributed by atoms with Gasteiger partial charge >= 0.3 is 0 Å². The minimum Gasteiger partial charge on any atom is -0.481 e. The lowest BCUT2D eigenvalue weighted by atomic mass is 10.0. The monoisotopic (exact) mass is 392 g/mol.